The van der Waals surface area contributed by atoms with Crippen molar-refractivity contribution in [2.75, 3.05) is 44.2 Å². The van der Waals surface area contributed by atoms with Gasteiger partial charge >= 0.3 is 0 Å². The molecule has 0 saturated carbocycles. The van der Waals surface area contributed by atoms with Crippen LogP contribution in [0.15, 0.2) is 46.9 Å². The van der Waals surface area contributed by atoms with Crippen LogP contribution in [-0.4, -0.2) is 65.1 Å². The van der Waals surface area contributed by atoms with Crippen LogP contribution in [0, 0.1) is 6.92 Å². The molecule has 180 valence electrons. The molecule has 0 spiro atoms. The van der Waals surface area contributed by atoms with E-state index in [1.807, 2.05) is 49.4 Å². The number of amides is 1. The molecule has 1 amide bonds. The van der Waals surface area contributed by atoms with Crippen LogP contribution in [0.4, 0.5) is 5.69 Å². The summed E-state index contributed by atoms with van der Waals surface area (Å²) in [6.07, 6.45) is 0.869. The Labute approximate surface area is 218 Å². The molecule has 0 radical (unpaired) electrons. The summed E-state index contributed by atoms with van der Waals surface area (Å²) < 4.78 is 2.76. The maximum atomic E-state index is 12.6. The average molecular weight is 566 g/mol. The van der Waals surface area contributed by atoms with E-state index in [9.17, 15) is 4.79 Å². The van der Waals surface area contributed by atoms with Crippen molar-refractivity contribution in [3.8, 4) is 0 Å². The lowest BCUT2D eigenvalue weighted by Crippen LogP contribution is -2.47. The van der Waals surface area contributed by atoms with Crippen LogP contribution >= 0.6 is 39.1 Å². The molecule has 1 fully saturated rings. The highest BCUT2D eigenvalue weighted by molar-refractivity contribution is 9.10. The number of hydrogen-bond acceptors (Lipinski definition) is 5. The number of carbonyl (C=O) groups excluding carboxylic acids is 1. The van der Waals surface area contributed by atoms with Gasteiger partial charge in [-0.25, -0.2) is 4.68 Å². The highest BCUT2D eigenvalue weighted by atomic mass is 79.9. The second-order valence-corrected chi connectivity index (χ2v) is 9.92. The van der Waals surface area contributed by atoms with Crippen molar-refractivity contribution in [3.05, 3.63) is 73.9 Å². The second kappa shape index (κ2) is 11.5. The molecule has 0 bridgehead atoms. The maximum absolute atomic E-state index is 12.6. The van der Waals surface area contributed by atoms with E-state index in [1.54, 1.807) is 4.68 Å². The van der Waals surface area contributed by atoms with E-state index in [1.165, 1.54) is 0 Å². The van der Waals surface area contributed by atoms with E-state index in [2.05, 4.69) is 41.4 Å². The first-order valence-electron chi connectivity index (χ1n) is 11.3. The van der Waals surface area contributed by atoms with E-state index in [4.69, 9.17) is 23.2 Å². The first kappa shape index (κ1) is 25.0. The smallest absolute Gasteiger partial charge is 0.273 e. The number of rotatable bonds is 8. The normalized spacial score (nSPS) is 14.4. The van der Waals surface area contributed by atoms with E-state index in [-0.39, 0.29) is 5.91 Å². The van der Waals surface area contributed by atoms with Crippen molar-refractivity contribution < 1.29 is 4.79 Å². The molecule has 10 heteroatoms. The number of anilines is 1. The predicted octanol–water partition coefficient (Wildman–Crippen LogP) is 4.65. The van der Waals surface area contributed by atoms with Gasteiger partial charge in [0.1, 0.15) is 0 Å². The Morgan fingerprint density at radius 3 is 2.62 bits per heavy atom. The standard InChI is InChI=1S/C24H27BrCl2N6O/c1-17-23(29-30-33(17)16-18-6-2-3-7-19(18)25)24(34)28-10-5-11-31-12-14-32(15-13-31)21-9-4-8-20(26)22(21)27/h2-4,6-9H,5,10-16H2,1H3,(H,28,34). The number of nitrogens with one attached hydrogen (secondary N) is 1. The Morgan fingerprint density at radius 1 is 1.09 bits per heavy atom. The molecule has 7 nitrogen and oxygen atoms in total. The van der Waals surface area contributed by atoms with Crippen LogP contribution in [0.1, 0.15) is 28.2 Å². The molecular weight excluding hydrogens is 539 g/mol. The minimum atomic E-state index is -0.184. The van der Waals surface area contributed by atoms with Gasteiger partial charge in [-0.05, 0) is 43.7 Å². The third kappa shape index (κ3) is 5.92. The minimum Gasteiger partial charge on any atom is -0.368 e. The first-order chi connectivity index (χ1) is 16.4. The quantitative estimate of drug-likeness (QED) is 0.403. The number of nitrogens with zero attached hydrogens (tertiary/aromatic N) is 5. The van der Waals surface area contributed by atoms with Gasteiger partial charge in [0.05, 0.1) is 28.0 Å². The van der Waals surface area contributed by atoms with Crippen molar-refractivity contribution in [3.63, 3.8) is 0 Å². The molecule has 1 aliphatic heterocycles. The SMILES string of the molecule is Cc1c(C(=O)NCCCN2CCN(c3cccc(Cl)c3Cl)CC2)nnn1Cc1ccccc1Br. The molecule has 0 aliphatic carbocycles. The third-order valence-electron chi connectivity index (χ3n) is 6.06. The molecule has 3 aromatic rings. The van der Waals surface area contributed by atoms with Crippen LogP contribution in [0.2, 0.25) is 10.0 Å². The van der Waals surface area contributed by atoms with Crippen molar-refractivity contribution in [2.45, 2.75) is 19.9 Å². The first-order valence-corrected chi connectivity index (χ1v) is 12.8. The summed E-state index contributed by atoms with van der Waals surface area (Å²) >= 11 is 16.1. The summed E-state index contributed by atoms with van der Waals surface area (Å²) in [6.45, 7) is 7.62. The lowest BCUT2D eigenvalue weighted by atomic mass is 10.2. The maximum Gasteiger partial charge on any atom is 0.273 e. The summed E-state index contributed by atoms with van der Waals surface area (Å²) in [6, 6.07) is 13.7. The molecule has 4 rings (SSSR count). The Morgan fingerprint density at radius 2 is 1.85 bits per heavy atom. The molecule has 1 aromatic heterocycles. The fourth-order valence-electron chi connectivity index (χ4n) is 4.05. The molecule has 1 aliphatic rings. The van der Waals surface area contributed by atoms with Gasteiger partial charge < -0.3 is 10.2 Å². The molecule has 2 heterocycles. The summed E-state index contributed by atoms with van der Waals surface area (Å²) in [4.78, 5) is 17.3. The third-order valence-corrected chi connectivity index (χ3v) is 7.64. The van der Waals surface area contributed by atoms with Crippen molar-refractivity contribution in [2.24, 2.45) is 0 Å². The van der Waals surface area contributed by atoms with Crippen molar-refractivity contribution in [1.82, 2.24) is 25.2 Å². The van der Waals surface area contributed by atoms with Crippen molar-refractivity contribution >= 4 is 50.7 Å². The Bertz CT molecular complexity index is 1150. The minimum absolute atomic E-state index is 0.184. The molecule has 34 heavy (non-hydrogen) atoms. The summed E-state index contributed by atoms with van der Waals surface area (Å²) in [7, 11) is 0. The fourth-order valence-corrected chi connectivity index (χ4v) is 4.87. The highest BCUT2D eigenvalue weighted by Crippen LogP contribution is 2.32. The summed E-state index contributed by atoms with van der Waals surface area (Å²) in [5.74, 6) is -0.184. The second-order valence-electron chi connectivity index (χ2n) is 8.28. The summed E-state index contributed by atoms with van der Waals surface area (Å²) in [5.41, 5.74) is 3.20. The number of halogens is 3. The molecule has 1 N–H and O–H groups in total. The molecular formula is C24H27BrCl2N6O. The van der Waals surface area contributed by atoms with Gasteiger partial charge in [-0.3, -0.25) is 9.69 Å². The monoisotopic (exact) mass is 564 g/mol. The van der Waals surface area contributed by atoms with E-state index < -0.39 is 0 Å². The van der Waals surface area contributed by atoms with Crippen LogP contribution in [0.25, 0.3) is 0 Å². The largest absolute Gasteiger partial charge is 0.368 e. The molecule has 1 saturated heterocycles. The lowest BCUT2D eigenvalue weighted by molar-refractivity contribution is 0.0945. The average Bonchev–Trinajstić information content (AvgIpc) is 3.20. The van der Waals surface area contributed by atoms with E-state index >= 15 is 0 Å². The molecule has 2 aromatic carbocycles. The highest BCUT2D eigenvalue weighted by Gasteiger charge is 2.20. The zero-order valence-electron chi connectivity index (χ0n) is 19.0. The molecule has 0 unspecified atom stereocenters. The number of benzene rings is 2. The van der Waals surface area contributed by atoms with Gasteiger partial charge in [-0.2, -0.15) is 0 Å². The predicted molar refractivity (Wildman–Crippen MR) is 140 cm³/mol. The van der Waals surface area contributed by atoms with E-state index in [0.717, 1.165) is 60.6 Å². The topological polar surface area (TPSA) is 66.3 Å². The zero-order chi connectivity index (χ0) is 24.1. The number of aromatic nitrogens is 3. The van der Waals surface area contributed by atoms with Crippen LogP contribution in [0.5, 0.6) is 0 Å². The van der Waals surface area contributed by atoms with Gasteiger partial charge in [0.2, 0.25) is 0 Å². The zero-order valence-corrected chi connectivity index (χ0v) is 22.1. The van der Waals surface area contributed by atoms with Crippen LogP contribution in [-0.2, 0) is 6.54 Å². The van der Waals surface area contributed by atoms with Gasteiger partial charge in [0.25, 0.3) is 5.91 Å². The van der Waals surface area contributed by atoms with Crippen LogP contribution < -0.4 is 10.2 Å². The number of piperazine rings is 1. The fraction of sp³-hybridized carbons (Fsp3) is 0.375. The van der Waals surface area contributed by atoms with Gasteiger partial charge in [-0.15, -0.1) is 5.10 Å². The van der Waals surface area contributed by atoms with Gasteiger partial charge in [-0.1, -0.05) is 68.6 Å². The Hall–Kier alpha value is -2.13. The molecule has 0 atom stereocenters. The number of hydrogen-bond donors (Lipinski definition) is 1. The van der Waals surface area contributed by atoms with Gasteiger partial charge in [0, 0.05) is 37.2 Å². The van der Waals surface area contributed by atoms with Crippen molar-refractivity contribution in [1.29, 1.82) is 0 Å². The Balaban J connectivity index is 1.21. The summed E-state index contributed by atoms with van der Waals surface area (Å²) in [5, 5.41) is 12.5. The van der Waals surface area contributed by atoms with Crippen LogP contribution in [0.3, 0.4) is 0 Å². The lowest BCUT2D eigenvalue weighted by Gasteiger charge is -2.36. The number of carbonyl (C=O) groups is 1. The van der Waals surface area contributed by atoms with E-state index in [0.29, 0.717) is 28.8 Å². The Kier molecular flexibility index (Phi) is 8.47. The van der Waals surface area contributed by atoms with Gasteiger partial charge in [0.15, 0.2) is 5.69 Å².